The van der Waals surface area contributed by atoms with E-state index in [4.69, 9.17) is 20.5 Å². The molecule has 2 unspecified atom stereocenters. The van der Waals surface area contributed by atoms with Crippen molar-refractivity contribution in [1.29, 1.82) is 0 Å². The molecule has 0 amide bonds. The van der Waals surface area contributed by atoms with Crippen LogP contribution in [0.5, 0.6) is 0 Å². The molecule has 0 spiro atoms. The van der Waals surface area contributed by atoms with E-state index >= 15 is 0 Å². The van der Waals surface area contributed by atoms with E-state index in [1.807, 2.05) is 0 Å². The Balaban J connectivity index is 1.64. The number of rotatable bonds is 9. The highest BCUT2D eigenvalue weighted by atomic mass is 16.5. The fraction of sp³-hybridized carbons (Fsp3) is 0.727. The van der Waals surface area contributed by atoms with Gasteiger partial charge in [0.05, 0.1) is 26.1 Å². The summed E-state index contributed by atoms with van der Waals surface area (Å²) in [5, 5.41) is 0. The van der Waals surface area contributed by atoms with Gasteiger partial charge in [-0.15, -0.1) is 0 Å². The lowest BCUT2D eigenvalue weighted by Crippen LogP contribution is -2.45. The Morgan fingerprint density at radius 2 is 1.16 bits per heavy atom. The van der Waals surface area contributed by atoms with Crippen molar-refractivity contribution < 1.29 is 38.2 Å². The van der Waals surface area contributed by atoms with Crippen LogP contribution >= 0.6 is 0 Å². The molecular formula is C22H30N4O6. The number of ether oxygens (including phenoxy) is 2. The monoisotopic (exact) mass is 446 g/mol. The predicted molar refractivity (Wildman–Crippen MR) is 112 cm³/mol. The number of nitrogens with zero attached hydrogens (tertiary/aromatic N) is 4. The van der Waals surface area contributed by atoms with Crippen LogP contribution in [0.1, 0.15) is 78.1 Å². The van der Waals surface area contributed by atoms with Gasteiger partial charge in [-0.2, -0.15) is 9.58 Å². The van der Waals surface area contributed by atoms with E-state index in [1.165, 1.54) is 13.8 Å². The number of carbonyl (C=O) groups excluding carboxylic acids is 4. The third kappa shape index (κ3) is 5.44. The van der Waals surface area contributed by atoms with Crippen LogP contribution < -0.4 is 0 Å². The number of hydrogen-bond donors (Lipinski definition) is 0. The zero-order valence-electron chi connectivity index (χ0n) is 18.7. The summed E-state index contributed by atoms with van der Waals surface area (Å²) >= 11 is 0. The van der Waals surface area contributed by atoms with Crippen LogP contribution in [0.4, 0.5) is 0 Å². The molecule has 0 aromatic heterocycles. The molecule has 0 heterocycles. The molecule has 0 radical (unpaired) electrons. The minimum atomic E-state index is -1.30. The maximum Gasteiger partial charge on any atom is 0.335 e. The normalized spacial score (nSPS) is 25.7. The number of ketones is 2. The smallest absolute Gasteiger partial charge is 0.335 e. The molecule has 0 bridgehead atoms. The van der Waals surface area contributed by atoms with Gasteiger partial charge in [-0.25, -0.2) is 0 Å². The Labute approximate surface area is 186 Å². The van der Waals surface area contributed by atoms with Gasteiger partial charge >= 0.3 is 23.4 Å². The summed E-state index contributed by atoms with van der Waals surface area (Å²) < 4.78 is 10.5. The van der Waals surface area contributed by atoms with E-state index in [9.17, 15) is 19.2 Å². The Bertz CT molecular complexity index is 815. The lowest BCUT2D eigenvalue weighted by molar-refractivity contribution is -0.161. The SMILES string of the molecule is CC1(C(=O)OCCCCCCOC(=O)C2(C)CCCC(=[N+]=[N-])C2=O)CCCC(=[N+]=[N-])C1=O. The second kappa shape index (κ2) is 11.1. The molecule has 10 heteroatoms. The van der Waals surface area contributed by atoms with E-state index in [1.54, 1.807) is 0 Å². The molecule has 2 aliphatic carbocycles. The number of carbonyl (C=O) groups is 4. The summed E-state index contributed by atoms with van der Waals surface area (Å²) in [5.74, 6) is -2.18. The zero-order chi connectivity index (χ0) is 23.8. The summed E-state index contributed by atoms with van der Waals surface area (Å²) in [4.78, 5) is 55.3. The van der Waals surface area contributed by atoms with Gasteiger partial charge in [0.2, 0.25) is 0 Å². The Hall–Kier alpha value is -2.96. The minimum absolute atomic E-state index is 0.00824. The van der Waals surface area contributed by atoms with Crippen molar-refractivity contribution in [2.75, 3.05) is 13.2 Å². The van der Waals surface area contributed by atoms with E-state index in [0.717, 1.165) is 12.8 Å². The van der Waals surface area contributed by atoms with Gasteiger partial charge in [-0.3, -0.25) is 19.2 Å². The zero-order valence-corrected chi connectivity index (χ0v) is 18.7. The van der Waals surface area contributed by atoms with E-state index in [-0.39, 0.29) is 24.6 Å². The first-order valence-electron chi connectivity index (χ1n) is 11.1. The molecule has 2 fully saturated rings. The van der Waals surface area contributed by atoms with E-state index in [2.05, 4.69) is 9.58 Å². The highest BCUT2D eigenvalue weighted by Gasteiger charge is 2.51. The summed E-state index contributed by atoms with van der Waals surface area (Å²) in [6.07, 6.45) is 5.24. The molecule has 2 saturated carbocycles. The fourth-order valence-electron chi connectivity index (χ4n) is 4.10. The summed E-state index contributed by atoms with van der Waals surface area (Å²) in [6.45, 7) is 3.37. The quantitative estimate of drug-likeness (QED) is 0.174. The average molecular weight is 447 g/mol. The van der Waals surface area contributed by atoms with Crippen LogP contribution in [0.15, 0.2) is 0 Å². The molecule has 32 heavy (non-hydrogen) atoms. The minimum Gasteiger partial charge on any atom is -0.465 e. The third-order valence-corrected chi connectivity index (χ3v) is 6.35. The average Bonchev–Trinajstić information content (AvgIpc) is 2.78. The summed E-state index contributed by atoms with van der Waals surface area (Å²) in [5.41, 5.74) is 15.2. The standard InChI is InChI=1S/C22H30N4O6/c1-21(11-7-9-15(25-23)17(21)27)19(29)31-13-5-3-4-6-14-32-20(30)22(2)12-8-10-16(26-24)18(22)28/h3-14H2,1-2H3. The van der Waals surface area contributed by atoms with Gasteiger partial charge in [0.1, 0.15) is 10.8 Å². The Morgan fingerprint density at radius 1 is 0.781 bits per heavy atom. The number of esters is 2. The summed E-state index contributed by atoms with van der Waals surface area (Å²) in [7, 11) is 0. The molecule has 0 aromatic rings. The maximum absolute atomic E-state index is 12.4. The van der Waals surface area contributed by atoms with E-state index in [0.29, 0.717) is 51.4 Å². The molecule has 0 aromatic carbocycles. The first-order chi connectivity index (χ1) is 15.2. The van der Waals surface area contributed by atoms with Gasteiger partial charge in [0.15, 0.2) is 0 Å². The lowest BCUT2D eigenvalue weighted by Gasteiger charge is -2.27. The van der Waals surface area contributed by atoms with Crippen molar-refractivity contribution in [3.63, 3.8) is 0 Å². The van der Waals surface area contributed by atoms with Crippen molar-refractivity contribution in [3.8, 4) is 0 Å². The van der Waals surface area contributed by atoms with Gasteiger partial charge in [0.25, 0.3) is 11.6 Å². The highest BCUT2D eigenvalue weighted by molar-refractivity contribution is 6.44. The van der Waals surface area contributed by atoms with Crippen molar-refractivity contribution >= 4 is 34.9 Å². The van der Waals surface area contributed by atoms with Gasteiger partial charge in [-0.05, 0) is 65.2 Å². The molecule has 0 aliphatic heterocycles. The van der Waals surface area contributed by atoms with Crippen LogP contribution in [0.25, 0.3) is 11.1 Å². The number of hydrogen-bond acceptors (Lipinski definition) is 6. The van der Waals surface area contributed by atoms with Crippen LogP contribution in [-0.2, 0) is 28.7 Å². The maximum atomic E-state index is 12.4. The molecule has 10 nitrogen and oxygen atoms in total. The van der Waals surface area contributed by atoms with Crippen LogP contribution in [0.3, 0.4) is 0 Å². The van der Waals surface area contributed by atoms with E-state index < -0.39 is 34.3 Å². The predicted octanol–water partition coefficient (Wildman–Crippen LogP) is 2.49. The molecule has 0 N–H and O–H groups in total. The highest BCUT2D eigenvalue weighted by Crippen LogP contribution is 2.33. The fourth-order valence-corrected chi connectivity index (χ4v) is 4.10. The second-order valence-corrected chi connectivity index (χ2v) is 8.81. The lowest BCUT2D eigenvalue weighted by atomic mass is 9.73. The Morgan fingerprint density at radius 3 is 1.50 bits per heavy atom. The van der Waals surface area contributed by atoms with Crippen molar-refractivity contribution in [2.24, 2.45) is 10.8 Å². The van der Waals surface area contributed by atoms with Crippen molar-refractivity contribution in [2.45, 2.75) is 78.1 Å². The number of unbranched alkanes of at least 4 members (excludes halogenated alkanes) is 3. The van der Waals surface area contributed by atoms with Gasteiger partial charge < -0.3 is 20.5 Å². The van der Waals surface area contributed by atoms with Gasteiger partial charge in [0, 0.05) is 0 Å². The molecule has 0 saturated heterocycles. The van der Waals surface area contributed by atoms with Crippen molar-refractivity contribution in [1.82, 2.24) is 0 Å². The molecular weight excluding hydrogens is 416 g/mol. The molecule has 2 atom stereocenters. The summed E-state index contributed by atoms with van der Waals surface area (Å²) in [6, 6.07) is 0. The third-order valence-electron chi connectivity index (χ3n) is 6.35. The van der Waals surface area contributed by atoms with Crippen LogP contribution in [0.2, 0.25) is 0 Å². The van der Waals surface area contributed by atoms with Gasteiger partial charge in [-0.1, -0.05) is 0 Å². The second-order valence-electron chi connectivity index (χ2n) is 8.81. The molecule has 174 valence electrons. The first kappa shape index (κ1) is 25.3. The number of Topliss-reactive ketones (excluding diaryl/α,β-unsaturated/α-hetero) is 2. The van der Waals surface area contributed by atoms with Crippen LogP contribution in [0, 0.1) is 10.8 Å². The molecule has 2 aliphatic rings. The Kier molecular flexibility index (Phi) is 8.75. The van der Waals surface area contributed by atoms with Crippen molar-refractivity contribution in [3.05, 3.63) is 11.1 Å². The first-order valence-corrected chi connectivity index (χ1v) is 11.1. The molecule has 2 rings (SSSR count). The topological polar surface area (TPSA) is 160 Å². The van der Waals surface area contributed by atoms with Crippen LogP contribution in [-0.4, -0.2) is 57.7 Å². The largest absolute Gasteiger partial charge is 0.465 e.